The molecule has 0 bridgehead atoms. The molecule has 0 atom stereocenters. The molecule has 1 N–H and O–H groups in total. The lowest BCUT2D eigenvalue weighted by atomic mass is 9.81. The normalized spacial score (nSPS) is 17.9. The van der Waals surface area contributed by atoms with Gasteiger partial charge < -0.3 is 14.6 Å². The molecule has 0 fully saturated rings. The van der Waals surface area contributed by atoms with Gasteiger partial charge in [0.25, 0.3) is 6.47 Å². The van der Waals surface area contributed by atoms with Crippen LogP contribution in [0.5, 0.6) is 11.5 Å². The Bertz CT molecular complexity index is 1300. The van der Waals surface area contributed by atoms with E-state index in [0.29, 0.717) is 18.8 Å². The van der Waals surface area contributed by atoms with Crippen LogP contribution in [0, 0.1) is 0 Å². The number of para-hydroxylation sites is 1. The molecule has 186 valence electrons. The molecule has 0 spiro atoms. The van der Waals surface area contributed by atoms with E-state index in [1.807, 2.05) is 6.07 Å². The molecule has 0 saturated heterocycles. The van der Waals surface area contributed by atoms with Crippen LogP contribution in [-0.2, 0) is 14.9 Å². The molecule has 36 heavy (non-hydrogen) atoms. The molecule has 5 rings (SSSR count). The molecular formula is C31H34NO4+. The summed E-state index contributed by atoms with van der Waals surface area (Å²) >= 11 is 0. The van der Waals surface area contributed by atoms with Crippen molar-refractivity contribution in [1.29, 1.82) is 0 Å². The number of carbonyl (C=O) groups excluding carboxylic acids is 1. The van der Waals surface area contributed by atoms with Crippen LogP contribution in [0.1, 0.15) is 63.5 Å². The maximum atomic E-state index is 10.4. The minimum absolute atomic E-state index is 0.113. The predicted octanol–water partition coefficient (Wildman–Crippen LogP) is 6.58. The SMILES string of the molecule is CC1(C)C(/C=C/C2=C3Oc4cc(O)ccc4C=C3CCC2)=[N+](CCCCCOC=O)c2ccccc21. The Labute approximate surface area is 213 Å². The van der Waals surface area contributed by atoms with Crippen LogP contribution in [0.25, 0.3) is 6.08 Å². The summed E-state index contributed by atoms with van der Waals surface area (Å²) in [5.74, 6) is 1.86. The second kappa shape index (κ2) is 10.2. The lowest BCUT2D eigenvalue weighted by molar-refractivity contribution is -0.438. The zero-order valence-electron chi connectivity index (χ0n) is 21.1. The van der Waals surface area contributed by atoms with Gasteiger partial charge in [-0.1, -0.05) is 18.2 Å². The first kappa shape index (κ1) is 24.1. The van der Waals surface area contributed by atoms with Crippen molar-refractivity contribution < 1.29 is 24.0 Å². The van der Waals surface area contributed by atoms with E-state index in [1.165, 1.54) is 28.1 Å². The highest BCUT2D eigenvalue weighted by Crippen LogP contribution is 2.42. The molecule has 3 aliphatic rings. The number of allylic oxidation sites excluding steroid dienone is 4. The van der Waals surface area contributed by atoms with Crippen molar-refractivity contribution in [3.8, 4) is 11.5 Å². The van der Waals surface area contributed by atoms with Crippen molar-refractivity contribution in [2.75, 3.05) is 13.2 Å². The maximum absolute atomic E-state index is 10.4. The summed E-state index contributed by atoms with van der Waals surface area (Å²) in [5.41, 5.74) is 7.23. The highest BCUT2D eigenvalue weighted by atomic mass is 16.5. The fraction of sp³-hybridized carbons (Fsp3) is 0.355. The van der Waals surface area contributed by atoms with Crippen LogP contribution in [-0.4, -0.2) is 35.0 Å². The van der Waals surface area contributed by atoms with E-state index in [1.54, 1.807) is 12.1 Å². The van der Waals surface area contributed by atoms with Crippen LogP contribution in [0.15, 0.2) is 71.5 Å². The number of fused-ring (bicyclic) bond motifs is 3. The minimum atomic E-state index is -0.113. The van der Waals surface area contributed by atoms with Gasteiger partial charge in [-0.05, 0) is 81.4 Å². The zero-order valence-corrected chi connectivity index (χ0v) is 21.1. The van der Waals surface area contributed by atoms with E-state index in [0.717, 1.165) is 56.4 Å². The number of rotatable bonds is 9. The lowest BCUT2D eigenvalue weighted by Crippen LogP contribution is -2.28. The number of ether oxygens (including phenoxy) is 2. The van der Waals surface area contributed by atoms with Gasteiger partial charge in [0.1, 0.15) is 23.8 Å². The summed E-state index contributed by atoms with van der Waals surface area (Å²) in [6.07, 6.45) is 12.7. The second-order valence-electron chi connectivity index (χ2n) is 10.2. The Kier molecular flexibility index (Phi) is 6.82. The molecule has 0 unspecified atom stereocenters. The van der Waals surface area contributed by atoms with Crippen molar-refractivity contribution >= 4 is 23.9 Å². The number of unbranched alkanes of at least 4 members (excludes halogenated alkanes) is 2. The summed E-state index contributed by atoms with van der Waals surface area (Å²) in [7, 11) is 0. The van der Waals surface area contributed by atoms with Gasteiger partial charge in [0.05, 0.1) is 12.0 Å². The third kappa shape index (κ3) is 4.62. The molecule has 0 aromatic heterocycles. The second-order valence-corrected chi connectivity index (χ2v) is 10.2. The fourth-order valence-electron chi connectivity index (χ4n) is 5.60. The number of hydrogen-bond acceptors (Lipinski definition) is 4. The monoisotopic (exact) mass is 484 g/mol. The maximum Gasteiger partial charge on any atom is 0.293 e. The molecule has 0 saturated carbocycles. The highest BCUT2D eigenvalue weighted by molar-refractivity contribution is 6.03. The Morgan fingerprint density at radius 1 is 1.08 bits per heavy atom. The van der Waals surface area contributed by atoms with E-state index in [9.17, 15) is 9.90 Å². The van der Waals surface area contributed by atoms with Gasteiger partial charge in [0, 0.05) is 35.8 Å². The van der Waals surface area contributed by atoms with Crippen molar-refractivity contribution in [2.45, 2.75) is 57.8 Å². The molecule has 2 aromatic rings. The number of phenolic OH excluding ortho intramolecular Hbond substituents is 1. The molecule has 1 aliphatic carbocycles. The van der Waals surface area contributed by atoms with Crippen molar-refractivity contribution in [1.82, 2.24) is 0 Å². The lowest BCUT2D eigenvalue weighted by Gasteiger charge is -2.26. The first-order valence-corrected chi connectivity index (χ1v) is 12.9. The Hall–Kier alpha value is -3.60. The first-order chi connectivity index (χ1) is 17.5. The van der Waals surface area contributed by atoms with Crippen molar-refractivity contribution in [3.05, 3.63) is 82.6 Å². The van der Waals surface area contributed by atoms with E-state index in [4.69, 9.17) is 9.47 Å². The molecule has 2 heterocycles. The molecule has 5 nitrogen and oxygen atoms in total. The predicted molar refractivity (Wildman–Crippen MR) is 142 cm³/mol. The molecule has 0 radical (unpaired) electrons. The number of carbonyl (C=O) groups is 1. The van der Waals surface area contributed by atoms with E-state index < -0.39 is 0 Å². The van der Waals surface area contributed by atoms with Crippen LogP contribution in [0.2, 0.25) is 0 Å². The van der Waals surface area contributed by atoms with Gasteiger partial charge in [-0.3, -0.25) is 4.79 Å². The van der Waals surface area contributed by atoms with E-state index >= 15 is 0 Å². The largest absolute Gasteiger partial charge is 0.508 e. The van der Waals surface area contributed by atoms with Crippen molar-refractivity contribution in [2.24, 2.45) is 0 Å². The number of hydrogen-bond donors (Lipinski definition) is 1. The van der Waals surface area contributed by atoms with E-state index in [-0.39, 0.29) is 11.2 Å². The number of aromatic hydroxyl groups is 1. The smallest absolute Gasteiger partial charge is 0.293 e. The fourth-order valence-corrected chi connectivity index (χ4v) is 5.60. The number of phenols is 1. The summed E-state index contributed by atoms with van der Waals surface area (Å²) in [4.78, 5) is 10.4. The van der Waals surface area contributed by atoms with Gasteiger partial charge in [0.15, 0.2) is 5.71 Å². The van der Waals surface area contributed by atoms with Gasteiger partial charge in [-0.15, -0.1) is 0 Å². The quantitative estimate of drug-likeness (QED) is 0.248. The van der Waals surface area contributed by atoms with Crippen LogP contribution in [0.4, 0.5) is 5.69 Å². The summed E-state index contributed by atoms with van der Waals surface area (Å²) in [6.45, 7) is 6.51. The van der Waals surface area contributed by atoms with Gasteiger partial charge >= 0.3 is 0 Å². The average molecular weight is 485 g/mol. The first-order valence-electron chi connectivity index (χ1n) is 12.9. The zero-order chi connectivity index (χ0) is 25.1. The topological polar surface area (TPSA) is 58.8 Å². The van der Waals surface area contributed by atoms with Crippen LogP contribution in [0.3, 0.4) is 0 Å². The molecule has 2 aromatic carbocycles. The molecule has 2 aliphatic heterocycles. The van der Waals surface area contributed by atoms with Gasteiger partial charge in [0.2, 0.25) is 5.69 Å². The number of benzene rings is 2. The third-order valence-electron chi connectivity index (χ3n) is 7.47. The molecule has 0 amide bonds. The highest BCUT2D eigenvalue weighted by Gasteiger charge is 2.43. The third-order valence-corrected chi connectivity index (χ3v) is 7.47. The summed E-state index contributed by atoms with van der Waals surface area (Å²) in [6, 6.07) is 14.0. The molecular weight excluding hydrogens is 450 g/mol. The summed E-state index contributed by atoms with van der Waals surface area (Å²) in [5, 5.41) is 9.94. The van der Waals surface area contributed by atoms with E-state index in [2.05, 4.69) is 60.9 Å². The van der Waals surface area contributed by atoms with Gasteiger partial charge in [-0.2, -0.15) is 4.58 Å². The molecule has 5 heteroatoms. The van der Waals surface area contributed by atoms with Gasteiger partial charge in [-0.25, -0.2) is 0 Å². The Morgan fingerprint density at radius 3 is 2.81 bits per heavy atom. The minimum Gasteiger partial charge on any atom is -0.508 e. The van der Waals surface area contributed by atoms with Crippen LogP contribution < -0.4 is 4.74 Å². The Morgan fingerprint density at radius 2 is 1.94 bits per heavy atom. The standard InChI is InChI=1S/C31H33NO4/c1-31(2)26-11-4-5-12-27(26)32(17-6-3-7-18-35-21-33)29(31)16-14-22-9-8-10-24-19-23-13-15-25(34)20-28(23)36-30(22)24/h4-5,11-16,19-21H,3,6-10,17-18H2,1-2H3/p+1. The number of nitrogens with zero attached hydrogens (tertiary/aromatic N) is 1. The Balaban J connectivity index is 1.46. The summed E-state index contributed by atoms with van der Waals surface area (Å²) < 4.78 is 13.6. The average Bonchev–Trinajstić information content (AvgIpc) is 3.09. The van der Waals surface area contributed by atoms with Crippen molar-refractivity contribution in [3.63, 3.8) is 0 Å². The van der Waals surface area contributed by atoms with Crippen LogP contribution >= 0.6 is 0 Å².